The van der Waals surface area contributed by atoms with E-state index in [9.17, 15) is 0 Å². The van der Waals surface area contributed by atoms with Crippen molar-refractivity contribution in [3.8, 4) is 0 Å². The number of anilines is 1. The van der Waals surface area contributed by atoms with Crippen LogP contribution in [0.15, 0.2) is 24.7 Å². The minimum absolute atomic E-state index is 0.0352. The van der Waals surface area contributed by atoms with E-state index < -0.39 is 0 Å². The van der Waals surface area contributed by atoms with Crippen LogP contribution in [0, 0.1) is 5.41 Å². The first kappa shape index (κ1) is 8.99. The molecule has 0 radical (unpaired) electrons. The van der Waals surface area contributed by atoms with Crippen molar-refractivity contribution in [1.29, 1.82) is 0 Å². The smallest absolute Gasteiger partial charge is 0.230 e. The van der Waals surface area contributed by atoms with Crippen LogP contribution in [-0.2, 0) is 0 Å². The van der Waals surface area contributed by atoms with Gasteiger partial charge in [0.05, 0.1) is 5.70 Å². The normalized spacial score (nSPS) is 15.9. The van der Waals surface area contributed by atoms with Crippen LogP contribution in [0.25, 0.3) is 5.70 Å². The Morgan fingerprint density at radius 3 is 2.79 bits per heavy atom. The summed E-state index contributed by atoms with van der Waals surface area (Å²) in [5, 5.41) is 7.23. The fraction of sp³-hybridized carbons (Fsp3) is 0.400. The van der Waals surface area contributed by atoms with Gasteiger partial charge in [-0.3, -0.25) is 0 Å². The topological polar surface area (TPSA) is 42.7 Å². The minimum atomic E-state index is 0.0352. The Hall–Kier alpha value is -1.58. The number of nitrogens with one attached hydrogen (secondary N) is 1. The van der Waals surface area contributed by atoms with Crippen LogP contribution in [0.3, 0.4) is 0 Å². The van der Waals surface area contributed by atoms with E-state index in [1.807, 2.05) is 10.8 Å². The Morgan fingerprint density at radius 2 is 2.14 bits per heavy atom. The summed E-state index contributed by atoms with van der Waals surface area (Å²) in [7, 11) is 0. The molecule has 0 spiro atoms. The number of hydrogen-bond acceptors (Lipinski definition) is 3. The van der Waals surface area contributed by atoms with E-state index in [0.29, 0.717) is 0 Å². The zero-order chi connectivity index (χ0) is 10.3. The van der Waals surface area contributed by atoms with Gasteiger partial charge in [-0.2, -0.15) is 10.1 Å². The molecule has 74 valence electrons. The number of allylic oxidation sites excluding steroid dienone is 2. The average molecular weight is 190 g/mol. The first-order valence-electron chi connectivity index (χ1n) is 4.57. The van der Waals surface area contributed by atoms with Crippen molar-refractivity contribution >= 4 is 11.6 Å². The molecule has 0 aromatic carbocycles. The monoisotopic (exact) mass is 190 g/mol. The number of hydrogen-bond donors (Lipinski definition) is 1. The highest BCUT2D eigenvalue weighted by molar-refractivity contribution is 5.64. The van der Waals surface area contributed by atoms with Crippen LogP contribution in [0.5, 0.6) is 0 Å². The van der Waals surface area contributed by atoms with E-state index >= 15 is 0 Å². The molecule has 0 saturated carbocycles. The molecular formula is C10H14N4. The summed E-state index contributed by atoms with van der Waals surface area (Å²) in [5.74, 6) is 0.738. The van der Waals surface area contributed by atoms with E-state index in [0.717, 1.165) is 17.3 Å². The highest BCUT2D eigenvalue weighted by atomic mass is 15.4. The van der Waals surface area contributed by atoms with Gasteiger partial charge in [-0.05, 0) is 6.08 Å². The molecule has 14 heavy (non-hydrogen) atoms. The predicted molar refractivity (Wildman–Crippen MR) is 56.5 cm³/mol. The quantitative estimate of drug-likeness (QED) is 0.681. The zero-order valence-electron chi connectivity index (χ0n) is 8.70. The van der Waals surface area contributed by atoms with Gasteiger partial charge in [-0.25, -0.2) is 4.68 Å². The number of rotatable bonds is 0. The van der Waals surface area contributed by atoms with Crippen molar-refractivity contribution in [3.05, 3.63) is 24.7 Å². The molecule has 0 bridgehead atoms. The van der Waals surface area contributed by atoms with Crippen molar-refractivity contribution in [2.45, 2.75) is 20.8 Å². The third-order valence-corrected chi connectivity index (χ3v) is 2.13. The van der Waals surface area contributed by atoms with Gasteiger partial charge in [-0.15, -0.1) is 0 Å². The Kier molecular flexibility index (Phi) is 1.74. The van der Waals surface area contributed by atoms with Crippen molar-refractivity contribution in [2.75, 3.05) is 5.32 Å². The van der Waals surface area contributed by atoms with Gasteiger partial charge >= 0.3 is 0 Å². The highest BCUT2D eigenvalue weighted by Crippen LogP contribution is 2.33. The molecule has 0 atom stereocenters. The lowest BCUT2D eigenvalue weighted by Crippen LogP contribution is -2.21. The van der Waals surface area contributed by atoms with Gasteiger partial charge in [0.1, 0.15) is 6.33 Å². The minimum Gasteiger partial charge on any atom is -0.325 e. The lowest BCUT2D eigenvalue weighted by Gasteiger charge is -2.27. The summed E-state index contributed by atoms with van der Waals surface area (Å²) in [4.78, 5) is 4.11. The second-order valence-corrected chi connectivity index (χ2v) is 4.43. The summed E-state index contributed by atoms with van der Waals surface area (Å²) in [6, 6.07) is 0. The Morgan fingerprint density at radius 1 is 1.43 bits per heavy atom. The maximum absolute atomic E-state index is 4.17. The van der Waals surface area contributed by atoms with Gasteiger partial charge < -0.3 is 5.32 Å². The molecule has 0 aliphatic carbocycles. The molecule has 4 heteroatoms. The maximum Gasteiger partial charge on any atom is 0.230 e. The molecular weight excluding hydrogens is 176 g/mol. The van der Waals surface area contributed by atoms with E-state index in [4.69, 9.17) is 0 Å². The first-order valence-corrected chi connectivity index (χ1v) is 4.57. The van der Waals surface area contributed by atoms with Crippen LogP contribution in [0.1, 0.15) is 20.8 Å². The Labute approximate surface area is 83.3 Å². The van der Waals surface area contributed by atoms with Gasteiger partial charge in [0.15, 0.2) is 0 Å². The van der Waals surface area contributed by atoms with E-state index in [1.54, 1.807) is 6.33 Å². The van der Waals surface area contributed by atoms with Crippen molar-refractivity contribution in [1.82, 2.24) is 14.8 Å². The third kappa shape index (κ3) is 1.32. The fourth-order valence-corrected chi connectivity index (χ4v) is 1.44. The van der Waals surface area contributed by atoms with Crippen LogP contribution in [0.2, 0.25) is 0 Å². The molecule has 1 aliphatic heterocycles. The van der Waals surface area contributed by atoms with Gasteiger partial charge in [0.2, 0.25) is 5.95 Å². The molecule has 1 N–H and O–H groups in total. The molecule has 0 amide bonds. The predicted octanol–water partition coefficient (Wildman–Crippen LogP) is 2.10. The SMILES string of the molecule is C=C1C=C(C(C)(C)C)n2ncnc2N1. The average Bonchev–Trinajstić information content (AvgIpc) is 2.47. The van der Waals surface area contributed by atoms with Gasteiger partial charge in [-0.1, -0.05) is 27.4 Å². The molecule has 1 aromatic heterocycles. The van der Waals surface area contributed by atoms with E-state index in [2.05, 4.69) is 42.7 Å². The first-order chi connectivity index (χ1) is 6.48. The zero-order valence-corrected chi connectivity index (χ0v) is 8.70. The molecule has 4 nitrogen and oxygen atoms in total. The lowest BCUT2D eigenvalue weighted by molar-refractivity contribution is 0.526. The summed E-state index contributed by atoms with van der Waals surface area (Å²) in [5.41, 5.74) is 2.00. The van der Waals surface area contributed by atoms with Gasteiger partial charge in [0, 0.05) is 11.1 Å². The Balaban J connectivity index is 2.56. The lowest BCUT2D eigenvalue weighted by atomic mass is 9.91. The van der Waals surface area contributed by atoms with Crippen molar-refractivity contribution in [2.24, 2.45) is 5.41 Å². The molecule has 1 aliphatic rings. The standard InChI is InChI=1S/C10H14N4/c1-7-5-8(10(2,3)4)14-9(13-7)11-6-12-14/h5-6H,1H2,2-4H3,(H,11,12,13). The second kappa shape index (κ2) is 2.70. The van der Waals surface area contributed by atoms with Crippen LogP contribution < -0.4 is 5.32 Å². The summed E-state index contributed by atoms with van der Waals surface area (Å²) in [6.45, 7) is 10.3. The fourth-order valence-electron chi connectivity index (χ4n) is 1.44. The summed E-state index contributed by atoms with van der Waals surface area (Å²) >= 11 is 0. The van der Waals surface area contributed by atoms with E-state index in [1.165, 1.54) is 0 Å². The molecule has 2 heterocycles. The summed E-state index contributed by atoms with van der Waals surface area (Å²) in [6.07, 6.45) is 3.54. The highest BCUT2D eigenvalue weighted by Gasteiger charge is 2.25. The van der Waals surface area contributed by atoms with Crippen molar-refractivity contribution < 1.29 is 0 Å². The number of aromatic nitrogens is 3. The molecule has 0 fully saturated rings. The van der Waals surface area contributed by atoms with Crippen LogP contribution in [0.4, 0.5) is 5.95 Å². The molecule has 2 rings (SSSR count). The van der Waals surface area contributed by atoms with E-state index in [-0.39, 0.29) is 5.41 Å². The van der Waals surface area contributed by atoms with Crippen LogP contribution in [-0.4, -0.2) is 14.8 Å². The molecule has 1 aromatic rings. The third-order valence-electron chi connectivity index (χ3n) is 2.13. The second-order valence-electron chi connectivity index (χ2n) is 4.43. The van der Waals surface area contributed by atoms with Gasteiger partial charge in [0.25, 0.3) is 0 Å². The molecule has 0 unspecified atom stereocenters. The van der Waals surface area contributed by atoms with Crippen molar-refractivity contribution in [3.63, 3.8) is 0 Å². The Bertz CT molecular complexity index is 406. The largest absolute Gasteiger partial charge is 0.325 e. The molecule has 0 saturated heterocycles. The number of nitrogens with zero attached hydrogens (tertiary/aromatic N) is 3. The van der Waals surface area contributed by atoms with Crippen LogP contribution >= 0.6 is 0 Å². The maximum atomic E-state index is 4.17. The summed E-state index contributed by atoms with van der Waals surface area (Å²) < 4.78 is 1.81. The number of fused-ring (bicyclic) bond motifs is 1.